The summed E-state index contributed by atoms with van der Waals surface area (Å²) in [7, 11) is 0. The third-order valence-electron chi connectivity index (χ3n) is 3.03. The zero-order valence-corrected chi connectivity index (χ0v) is 12.8. The number of carbonyl (C=O) groups is 3. The fourth-order valence-corrected chi connectivity index (χ4v) is 2.01. The second-order valence-corrected chi connectivity index (χ2v) is 4.91. The van der Waals surface area contributed by atoms with E-state index in [1.807, 2.05) is 10.9 Å². The zero-order valence-electron chi connectivity index (χ0n) is 12.8. The molecule has 0 spiro atoms. The molecule has 2 aromatic carbocycles. The standard InChI is InChI=1S/C16H12F3N3O3/c1-8(23)12-3-2-4-13(19)14(12)15(24)21-22-16(25)20-11-6-9(17)5-10(18)7-11/h2-7H,1H3,(H,21,24)(H2,20,22,25). The lowest BCUT2D eigenvalue weighted by molar-refractivity contribution is 0.0921. The lowest BCUT2D eigenvalue weighted by atomic mass is 10.0. The van der Waals surface area contributed by atoms with E-state index in [0.717, 1.165) is 25.1 Å². The molecular weight excluding hydrogens is 339 g/mol. The van der Waals surface area contributed by atoms with Crippen LogP contribution in [-0.4, -0.2) is 17.7 Å². The molecule has 3 N–H and O–H groups in total. The van der Waals surface area contributed by atoms with Crippen LogP contribution in [0.1, 0.15) is 27.6 Å². The summed E-state index contributed by atoms with van der Waals surface area (Å²) in [6.07, 6.45) is 0. The van der Waals surface area contributed by atoms with E-state index in [0.29, 0.717) is 6.07 Å². The summed E-state index contributed by atoms with van der Waals surface area (Å²) in [6, 6.07) is 4.81. The number of benzene rings is 2. The van der Waals surface area contributed by atoms with E-state index in [1.165, 1.54) is 12.1 Å². The molecule has 0 unspecified atom stereocenters. The van der Waals surface area contributed by atoms with Gasteiger partial charge in [-0.25, -0.2) is 23.4 Å². The van der Waals surface area contributed by atoms with Crippen LogP contribution < -0.4 is 16.2 Å². The third kappa shape index (κ3) is 4.56. The van der Waals surface area contributed by atoms with E-state index in [1.54, 1.807) is 0 Å². The van der Waals surface area contributed by atoms with Gasteiger partial charge in [-0.2, -0.15) is 0 Å². The molecule has 0 aromatic heterocycles. The van der Waals surface area contributed by atoms with Crippen molar-refractivity contribution >= 4 is 23.4 Å². The van der Waals surface area contributed by atoms with E-state index >= 15 is 0 Å². The number of hydrogen-bond acceptors (Lipinski definition) is 3. The van der Waals surface area contributed by atoms with Crippen molar-refractivity contribution in [3.63, 3.8) is 0 Å². The van der Waals surface area contributed by atoms with Gasteiger partial charge >= 0.3 is 6.03 Å². The molecule has 6 nitrogen and oxygen atoms in total. The number of hydrazine groups is 1. The smallest absolute Gasteiger partial charge is 0.306 e. The largest absolute Gasteiger partial charge is 0.337 e. The summed E-state index contributed by atoms with van der Waals surface area (Å²) in [5.74, 6) is -4.36. The highest BCUT2D eigenvalue weighted by Crippen LogP contribution is 2.14. The molecule has 2 rings (SSSR count). The molecule has 2 aromatic rings. The number of rotatable bonds is 3. The topological polar surface area (TPSA) is 87.3 Å². The van der Waals surface area contributed by atoms with Gasteiger partial charge in [0.15, 0.2) is 5.78 Å². The molecule has 130 valence electrons. The van der Waals surface area contributed by atoms with E-state index in [4.69, 9.17) is 0 Å². The summed E-state index contributed by atoms with van der Waals surface area (Å²) >= 11 is 0. The molecule has 0 aliphatic carbocycles. The van der Waals surface area contributed by atoms with Gasteiger partial charge in [-0.05, 0) is 25.1 Å². The molecule has 0 aliphatic rings. The predicted octanol–water partition coefficient (Wildman–Crippen LogP) is 2.77. The monoisotopic (exact) mass is 351 g/mol. The van der Waals surface area contributed by atoms with Crippen molar-refractivity contribution in [2.45, 2.75) is 6.92 Å². The quantitative estimate of drug-likeness (QED) is 0.587. The number of Topliss-reactive ketones (excluding diaryl/α,β-unsaturated/α-hetero) is 1. The van der Waals surface area contributed by atoms with Gasteiger partial charge in [-0.15, -0.1) is 0 Å². The number of ketones is 1. The lowest BCUT2D eigenvalue weighted by Gasteiger charge is -2.11. The van der Waals surface area contributed by atoms with Gasteiger partial charge in [-0.1, -0.05) is 12.1 Å². The molecule has 0 atom stereocenters. The Morgan fingerprint density at radius 2 is 1.56 bits per heavy atom. The Morgan fingerprint density at radius 1 is 0.920 bits per heavy atom. The van der Waals surface area contributed by atoms with Crippen LogP contribution in [0.2, 0.25) is 0 Å². The van der Waals surface area contributed by atoms with E-state index in [-0.39, 0.29) is 11.3 Å². The zero-order chi connectivity index (χ0) is 18.6. The van der Waals surface area contributed by atoms with Crippen LogP contribution in [0.5, 0.6) is 0 Å². The van der Waals surface area contributed by atoms with E-state index in [9.17, 15) is 27.6 Å². The lowest BCUT2D eigenvalue weighted by Crippen LogP contribution is -2.44. The Morgan fingerprint density at radius 3 is 2.16 bits per heavy atom. The minimum absolute atomic E-state index is 0.160. The van der Waals surface area contributed by atoms with Crippen molar-refractivity contribution in [2.24, 2.45) is 0 Å². The molecule has 0 bridgehead atoms. The normalized spacial score (nSPS) is 10.1. The van der Waals surface area contributed by atoms with Crippen molar-refractivity contribution in [2.75, 3.05) is 5.32 Å². The van der Waals surface area contributed by atoms with Crippen LogP contribution in [0.4, 0.5) is 23.7 Å². The first-order valence-electron chi connectivity index (χ1n) is 6.91. The molecule has 9 heteroatoms. The van der Waals surface area contributed by atoms with Gasteiger partial charge in [0.1, 0.15) is 17.5 Å². The average Bonchev–Trinajstić information content (AvgIpc) is 2.51. The number of carbonyl (C=O) groups excluding carboxylic acids is 3. The summed E-state index contributed by atoms with van der Waals surface area (Å²) in [5.41, 5.74) is 2.90. The number of hydrogen-bond donors (Lipinski definition) is 3. The van der Waals surface area contributed by atoms with Crippen LogP contribution in [0, 0.1) is 17.5 Å². The van der Waals surface area contributed by atoms with Crippen LogP contribution in [0.3, 0.4) is 0 Å². The Labute approximate surface area is 140 Å². The highest BCUT2D eigenvalue weighted by Gasteiger charge is 2.19. The minimum atomic E-state index is -1.07. The predicted molar refractivity (Wildman–Crippen MR) is 82.4 cm³/mol. The highest BCUT2D eigenvalue weighted by molar-refractivity contribution is 6.07. The van der Waals surface area contributed by atoms with Crippen molar-refractivity contribution < 1.29 is 27.6 Å². The molecule has 0 heterocycles. The van der Waals surface area contributed by atoms with Gasteiger partial charge in [0.25, 0.3) is 5.91 Å². The summed E-state index contributed by atoms with van der Waals surface area (Å²) in [4.78, 5) is 35.1. The van der Waals surface area contributed by atoms with Crippen molar-refractivity contribution in [3.05, 3.63) is 65.0 Å². The Bertz CT molecular complexity index is 836. The fraction of sp³-hybridized carbons (Fsp3) is 0.0625. The second kappa shape index (κ2) is 7.47. The Balaban J connectivity index is 2.05. The molecule has 25 heavy (non-hydrogen) atoms. The minimum Gasteiger partial charge on any atom is -0.306 e. The Hall–Kier alpha value is -3.36. The number of anilines is 1. The molecular formula is C16H12F3N3O3. The summed E-state index contributed by atoms with van der Waals surface area (Å²) in [5, 5.41) is 2.08. The molecule has 3 amide bonds. The summed E-state index contributed by atoms with van der Waals surface area (Å²) < 4.78 is 39.8. The molecule has 0 radical (unpaired) electrons. The number of amides is 3. The third-order valence-corrected chi connectivity index (χ3v) is 3.03. The van der Waals surface area contributed by atoms with Crippen molar-refractivity contribution in [3.8, 4) is 0 Å². The van der Waals surface area contributed by atoms with E-state index < -0.39 is 40.7 Å². The first-order valence-corrected chi connectivity index (χ1v) is 6.91. The van der Waals surface area contributed by atoms with Crippen LogP contribution >= 0.6 is 0 Å². The van der Waals surface area contributed by atoms with Gasteiger partial charge in [0.2, 0.25) is 0 Å². The fourth-order valence-electron chi connectivity index (χ4n) is 2.01. The first kappa shape index (κ1) is 18.0. The number of halogens is 3. The molecule has 0 aliphatic heterocycles. The first-order chi connectivity index (χ1) is 11.8. The number of nitrogens with one attached hydrogen (secondary N) is 3. The maximum absolute atomic E-state index is 13.8. The van der Waals surface area contributed by atoms with Gasteiger partial charge in [0, 0.05) is 17.3 Å². The second-order valence-electron chi connectivity index (χ2n) is 4.91. The molecule has 0 saturated carbocycles. The number of urea groups is 1. The molecule has 0 fully saturated rings. The Kier molecular flexibility index (Phi) is 5.38. The van der Waals surface area contributed by atoms with Crippen molar-refractivity contribution in [1.82, 2.24) is 10.9 Å². The van der Waals surface area contributed by atoms with Crippen molar-refractivity contribution in [1.29, 1.82) is 0 Å². The maximum atomic E-state index is 13.8. The van der Waals surface area contributed by atoms with E-state index in [2.05, 4.69) is 5.32 Å². The maximum Gasteiger partial charge on any atom is 0.337 e. The highest BCUT2D eigenvalue weighted by atomic mass is 19.1. The summed E-state index contributed by atoms with van der Waals surface area (Å²) in [6.45, 7) is 1.16. The average molecular weight is 351 g/mol. The van der Waals surface area contributed by atoms with Crippen LogP contribution in [-0.2, 0) is 0 Å². The van der Waals surface area contributed by atoms with Gasteiger partial charge < -0.3 is 5.32 Å². The van der Waals surface area contributed by atoms with Crippen LogP contribution in [0.15, 0.2) is 36.4 Å². The van der Waals surface area contributed by atoms with Gasteiger partial charge in [0.05, 0.1) is 5.56 Å². The SMILES string of the molecule is CC(=O)c1cccc(F)c1C(=O)NNC(=O)Nc1cc(F)cc(F)c1. The van der Waals surface area contributed by atoms with Crippen LogP contribution in [0.25, 0.3) is 0 Å². The molecule has 0 saturated heterocycles. The van der Waals surface area contributed by atoms with Gasteiger partial charge in [-0.3, -0.25) is 15.0 Å².